The lowest BCUT2D eigenvalue weighted by Gasteiger charge is -2.18. The molecule has 1 unspecified atom stereocenters. The molecule has 114 valence electrons. The highest BCUT2D eigenvalue weighted by Gasteiger charge is 2.16. The SMILES string of the molecule is CCCNC(Cc1cc(F)ccc1C)c1cc(C)c(C)s1. The number of halogens is 1. The predicted octanol–water partition coefficient (Wildman–Crippen LogP) is 5.10. The van der Waals surface area contributed by atoms with Crippen molar-refractivity contribution in [3.8, 4) is 0 Å². The molecule has 0 saturated carbocycles. The molecule has 0 radical (unpaired) electrons. The van der Waals surface area contributed by atoms with Crippen LogP contribution in [0.4, 0.5) is 4.39 Å². The average molecular weight is 305 g/mol. The van der Waals surface area contributed by atoms with Crippen molar-refractivity contribution >= 4 is 11.3 Å². The first-order chi connectivity index (χ1) is 10.0. The van der Waals surface area contributed by atoms with Gasteiger partial charge in [0.1, 0.15) is 5.82 Å². The number of thiophene rings is 1. The molecule has 1 atom stereocenters. The molecule has 0 fully saturated rings. The summed E-state index contributed by atoms with van der Waals surface area (Å²) in [6.45, 7) is 9.52. The van der Waals surface area contributed by atoms with Crippen molar-refractivity contribution in [3.63, 3.8) is 0 Å². The van der Waals surface area contributed by atoms with Gasteiger partial charge in [0.25, 0.3) is 0 Å². The summed E-state index contributed by atoms with van der Waals surface area (Å²) in [5, 5.41) is 3.61. The van der Waals surface area contributed by atoms with E-state index in [9.17, 15) is 4.39 Å². The van der Waals surface area contributed by atoms with E-state index in [0.29, 0.717) is 0 Å². The third-order valence-corrected chi connectivity index (χ3v) is 5.17. The van der Waals surface area contributed by atoms with Crippen LogP contribution in [0.3, 0.4) is 0 Å². The first-order valence-corrected chi connectivity index (χ1v) is 8.38. The Kier molecular flexibility index (Phi) is 5.54. The van der Waals surface area contributed by atoms with Crippen molar-refractivity contribution in [2.45, 2.75) is 46.6 Å². The summed E-state index contributed by atoms with van der Waals surface area (Å²) in [5.74, 6) is -0.150. The fourth-order valence-corrected chi connectivity index (χ4v) is 3.56. The topological polar surface area (TPSA) is 12.0 Å². The van der Waals surface area contributed by atoms with E-state index in [-0.39, 0.29) is 11.9 Å². The van der Waals surface area contributed by atoms with Crippen LogP contribution in [0.25, 0.3) is 0 Å². The highest BCUT2D eigenvalue weighted by Crippen LogP contribution is 2.29. The zero-order chi connectivity index (χ0) is 15.4. The van der Waals surface area contributed by atoms with Crippen molar-refractivity contribution in [1.29, 1.82) is 0 Å². The van der Waals surface area contributed by atoms with Gasteiger partial charge in [-0.05, 0) is 75.0 Å². The first-order valence-electron chi connectivity index (χ1n) is 7.56. The molecule has 1 aromatic heterocycles. The monoisotopic (exact) mass is 305 g/mol. The Bertz CT molecular complexity index is 584. The molecule has 1 N–H and O–H groups in total. The maximum atomic E-state index is 13.5. The molecule has 0 aliphatic rings. The Balaban J connectivity index is 2.25. The molecule has 1 nitrogen and oxygen atoms in total. The Hall–Kier alpha value is -1.19. The summed E-state index contributed by atoms with van der Waals surface area (Å²) in [5.41, 5.74) is 3.59. The molecule has 0 aliphatic carbocycles. The van der Waals surface area contributed by atoms with Gasteiger partial charge in [-0.25, -0.2) is 4.39 Å². The molecule has 21 heavy (non-hydrogen) atoms. The number of aryl methyl sites for hydroxylation is 3. The minimum absolute atomic E-state index is 0.150. The predicted molar refractivity (Wildman–Crippen MR) is 89.7 cm³/mol. The summed E-state index contributed by atoms with van der Waals surface area (Å²) in [6, 6.07) is 7.60. The first kappa shape index (κ1) is 16.2. The minimum Gasteiger partial charge on any atom is -0.309 e. The van der Waals surface area contributed by atoms with E-state index in [1.54, 1.807) is 6.07 Å². The van der Waals surface area contributed by atoms with E-state index in [1.165, 1.54) is 21.4 Å². The molecule has 2 aromatic rings. The van der Waals surface area contributed by atoms with Gasteiger partial charge in [0, 0.05) is 15.8 Å². The fourth-order valence-electron chi connectivity index (χ4n) is 2.45. The van der Waals surface area contributed by atoms with Gasteiger partial charge in [0.2, 0.25) is 0 Å². The quantitative estimate of drug-likeness (QED) is 0.783. The minimum atomic E-state index is -0.150. The maximum absolute atomic E-state index is 13.5. The van der Waals surface area contributed by atoms with Crippen molar-refractivity contribution < 1.29 is 4.39 Å². The summed E-state index contributed by atoms with van der Waals surface area (Å²) < 4.78 is 13.5. The summed E-state index contributed by atoms with van der Waals surface area (Å²) >= 11 is 1.85. The van der Waals surface area contributed by atoms with E-state index in [2.05, 4.69) is 39.1 Å². The second-order valence-electron chi connectivity index (χ2n) is 5.67. The van der Waals surface area contributed by atoms with Crippen LogP contribution in [0.5, 0.6) is 0 Å². The second kappa shape index (κ2) is 7.19. The number of rotatable bonds is 6. The molecule has 0 saturated heterocycles. The zero-order valence-electron chi connectivity index (χ0n) is 13.3. The molecular weight excluding hydrogens is 281 g/mol. The number of nitrogens with one attached hydrogen (secondary N) is 1. The Morgan fingerprint density at radius 3 is 2.52 bits per heavy atom. The largest absolute Gasteiger partial charge is 0.309 e. The molecule has 2 rings (SSSR count). The molecule has 0 aliphatic heterocycles. The number of hydrogen-bond acceptors (Lipinski definition) is 2. The van der Waals surface area contributed by atoms with Crippen LogP contribution in [0, 0.1) is 26.6 Å². The smallest absolute Gasteiger partial charge is 0.123 e. The highest BCUT2D eigenvalue weighted by atomic mass is 32.1. The molecular formula is C18H24FNS. The normalized spacial score (nSPS) is 12.6. The molecule has 0 bridgehead atoms. The van der Waals surface area contributed by atoms with Gasteiger partial charge in [-0.2, -0.15) is 0 Å². The van der Waals surface area contributed by atoms with Crippen molar-refractivity contribution in [2.75, 3.05) is 6.54 Å². The maximum Gasteiger partial charge on any atom is 0.123 e. The molecule has 3 heteroatoms. The van der Waals surface area contributed by atoms with E-state index >= 15 is 0 Å². The highest BCUT2D eigenvalue weighted by molar-refractivity contribution is 7.12. The van der Waals surface area contributed by atoms with Crippen molar-refractivity contribution in [2.24, 2.45) is 0 Å². The van der Waals surface area contributed by atoms with Crippen molar-refractivity contribution in [3.05, 3.63) is 56.5 Å². The van der Waals surface area contributed by atoms with Gasteiger partial charge in [-0.3, -0.25) is 0 Å². The van der Waals surface area contributed by atoms with Gasteiger partial charge in [-0.1, -0.05) is 13.0 Å². The van der Waals surface area contributed by atoms with Crippen molar-refractivity contribution in [1.82, 2.24) is 5.32 Å². The van der Waals surface area contributed by atoms with Crippen LogP contribution in [-0.2, 0) is 6.42 Å². The van der Waals surface area contributed by atoms with Gasteiger partial charge in [0.15, 0.2) is 0 Å². The molecule has 1 aromatic carbocycles. The molecule has 1 heterocycles. The van der Waals surface area contributed by atoms with E-state index in [1.807, 2.05) is 17.4 Å². The zero-order valence-corrected chi connectivity index (χ0v) is 14.1. The summed E-state index contributed by atoms with van der Waals surface area (Å²) in [7, 11) is 0. The van der Waals surface area contributed by atoms with Gasteiger partial charge in [0.05, 0.1) is 0 Å². The Labute approximate surface area is 131 Å². The third-order valence-electron chi connectivity index (χ3n) is 3.90. The Morgan fingerprint density at radius 1 is 1.14 bits per heavy atom. The molecule has 0 amide bonds. The van der Waals surface area contributed by atoms with Gasteiger partial charge >= 0.3 is 0 Å². The lowest BCUT2D eigenvalue weighted by molar-refractivity contribution is 0.533. The second-order valence-corrected chi connectivity index (χ2v) is 6.96. The average Bonchev–Trinajstić information content (AvgIpc) is 2.78. The third kappa shape index (κ3) is 4.14. The van der Waals surface area contributed by atoms with Crippen LogP contribution in [-0.4, -0.2) is 6.54 Å². The van der Waals surface area contributed by atoms with E-state index < -0.39 is 0 Å². The van der Waals surface area contributed by atoms with Gasteiger partial charge in [-0.15, -0.1) is 11.3 Å². The summed E-state index contributed by atoms with van der Waals surface area (Å²) in [4.78, 5) is 2.71. The standard InChI is InChI=1S/C18H24FNS/c1-5-8-20-17(18-9-13(3)14(4)21-18)11-15-10-16(19)7-6-12(15)2/h6-7,9-10,17,20H,5,8,11H2,1-4H3. The molecule has 0 spiro atoms. The van der Waals surface area contributed by atoms with Crippen LogP contribution >= 0.6 is 11.3 Å². The van der Waals surface area contributed by atoms with Crippen LogP contribution in [0.1, 0.15) is 45.8 Å². The van der Waals surface area contributed by atoms with E-state index in [4.69, 9.17) is 0 Å². The van der Waals surface area contributed by atoms with Crippen LogP contribution in [0.15, 0.2) is 24.3 Å². The lowest BCUT2D eigenvalue weighted by atomic mass is 9.99. The van der Waals surface area contributed by atoms with Crippen LogP contribution < -0.4 is 5.32 Å². The summed E-state index contributed by atoms with van der Waals surface area (Å²) in [6.07, 6.45) is 1.94. The van der Waals surface area contributed by atoms with Crippen LogP contribution in [0.2, 0.25) is 0 Å². The lowest BCUT2D eigenvalue weighted by Crippen LogP contribution is -2.23. The van der Waals surface area contributed by atoms with Gasteiger partial charge < -0.3 is 5.32 Å². The fraction of sp³-hybridized carbons (Fsp3) is 0.444. The number of hydrogen-bond donors (Lipinski definition) is 1. The number of benzene rings is 1. The Morgan fingerprint density at radius 2 is 1.90 bits per heavy atom. The van der Waals surface area contributed by atoms with E-state index in [0.717, 1.165) is 30.5 Å².